The Kier molecular flexibility index (Phi) is 5.10. The van der Waals surface area contributed by atoms with E-state index in [9.17, 15) is 9.18 Å². The normalized spacial score (nSPS) is 15.4. The zero-order valence-electron chi connectivity index (χ0n) is 11.2. The molecule has 1 fully saturated rings. The Morgan fingerprint density at radius 1 is 1.40 bits per heavy atom. The molecule has 1 aliphatic heterocycles. The monoisotopic (exact) mass is 276 g/mol. The lowest BCUT2D eigenvalue weighted by molar-refractivity contribution is -0.124. The number of amides is 1. The van der Waals surface area contributed by atoms with E-state index in [1.807, 2.05) is 11.0 Å². The molecule has 2 N–H and O–H groups in total. The second kappa shape index (κ2) is 7.04. The van der Waals surface area contributed by atoms with Crippen LogP contribution in [-0.4, -0.2) is 42.2 Å². The molecule has 2 rings (SSSR count). The van der Waals surface area contributed by atoms with Crippen LogP contribution in [0, 0.1) is 17.7 Å². The van der Waals surface area contributed by atoms with Crippen LogP contribution < -0.4 is 5.32 Å². The van der Waals surface area contributed by atoms with Crippen molar-refractivity contribution < 1.29 is 14.3 Å². The van der Waals surface area contributed by atoms with Gasteiger partial charge in [-0.15, -0.1) is 0 Å². The molecule has 1 aromatic rings. The van der Waals surface area contributed by atoms with E-state index in [-0.39, 0.29) is 18.3 Å². The van der Waals surface area contributed by atoms with Crippen molar-refractivity contribution in [2.45, 2.75) is 13.0 Å². The van der Waals surface area contributed by atoms with Gasteiger partial charge in [0.25, 0.3) is 0 Å². The van der Waals surface area contributed by atoms with E-state index in [1.54, 1.807) is 0 Å². The third kappa shape index (κ3) is 4.34. The average Bonchev–Trinajstić information content (AvgIpc) is 2.38. The van der Waals surface area contributed by atoms with E-state index < -0.39 is 0 Å². The maximum absolute atomic E-state index is 13.6. The first-order valence-corrected chi connectivity index (χ1v) is 6.55. The van der Waals surface area contributed by atoms with E-state index >= 15 is 0 Å². The van der Waals surface area contributed by atoms with E-state index in [0.717, 1.165) is 12.1 Å². The maximum atomic E-state index is 13.6. The van der Waals surface area contributed by atoms with E-state index in [1.165, 1.54) is 12.1 Å². The van der Waals surface area contributed by atoms with Gasteiger partial charge in [0.1, 0.15) is 5.82 Å². The molecule has 20 heavy (non-hydrogen) atoms. The Labute approximate surface area is 117 Å². The largest absolute Gasteiger partial charge is 0.395 e. The number of nitrogens with zero attached hydrogens (tertiary/aromatic N) is 1. The number of carbonyl (C=O) groups is 1. The number of hydrogen-bond acceptors (Lipinski definition) is 3. The highest BCUT2D eigenvalue weighted by molar-refractivity contribution is 5.78. The lowest BCUT2D eigenvalue weighted by Gasteiger charge is -2.26. The number of nitrogens with one attached hydrogen (secondary N) is 1. The molecular weight excluding hydrogens is 259 g/mol. The standard InChI is InChI=1S/C15H17FN2O2/c16-14-8-12(3-1-2-6-19)7-13(9-14)10-18-5-4-17-15(20)11-18/h7-9,19H,2,4-6,10-11H2,(H,17,20). The van der Waals surface area contributed by atoms with Crippen molar-refractivity contribution in [2.75, 3.05) is 26.2 Å². The molecule has 0 radical (unpaired) electrons. The van der Waals surface area contributed by atoms with Gasteiger partial charge in [-0.05, 0) is 23.8 Å². The van der Waals surface area contributed by atoms with Crippen LogP contribution in [0.3, 0.4) is 0 Å². The summed E-state index contributed by atoms with van der Waals surface area (Å²) in [7, 11) is 0. The minimum Gasteiger partial charge on any atom is -0.395 e. The molecule has 1 aliphatic rings. The van der Waals surface area contributed by atoms with Crippen LogP contribution in [0.4, 0.5) is 4.39 Å². The van der Waals surface area contributed by atoms with E-state index in [4.69, 9.17) is 5.11 Å². The summed E-state index contributed by atoms with van der Waals surface area (Å²) in [5.74, 6) is 5.26. The number of benzene rings is 1. The summed E-state index contributed by atoms with van der Waals surface area (Å²) in [6.07, 6.45) is 0.373. The summed E-state index contributed by atoms with van der Waals surface area (Å²) in [5, 5.41) is 11.4. The van der Waals surface area contributed by atoms with Gasteiger partial charge in [0.05, 0.1) is 13.2 Å². The first kappa shape index (κ1) is 14.5. The summed E-state index contributed by atoms with van der Waals surface area (Å²) in [6, 6.07) is 4.65. The van der Waals surface area contributed by atoms with Gasteiger partial charge >= 0.3 is 0 Å². The van der Waals surface area contributed by atoms with Gasteiger partial charge in [-0.3, -0.25) is 9.69 Å². The summed E-state index contributed by atoms with van der Waals surface area (Å²) in [6.45, 7) is 2.24. The average molecular weight is 276 g/mol. The Hall–Kier alpha value is -1.90. The number of carbonyl (C=O) groups excluding carboxylic acids is 1. The molecule has 5 heteroatoms. The van der Waals surface area contributed by atoms with Gasteiger partial charge in [0, 0.05) is 31.6 Å². The fraction of sp³-hybridized carbons (Fsp3) is 0.400. The second-order valence-corrected chi connectivity index (χ2v) is 4.68. The van der Waals surface area contributed by atoms with Crippen LogP contribution in [0.2, 0.25) is 0 Å². The summed E-state index contributed by atoms with van der Waals surface area (Å²) in [5.41, 5.74) is 1.39. The number of hydrogen-bond donors (Lipinski definition) is 2. The minimum absolute atomic E-state index is 0.00192. The molecule has 4 nitrogen and oxygen atoms in total. The number of piperazine rings is 1. The molecule has 0 unspecified atom stereocenters. The molecular formula is C15H17FN2O2. The molecule has 1 aromatic carbocycles. The van der Waals surface area contributed by atoms with Crippen molar-refractivity contribution in [3.63, 3.8) is 0 Å². The molecule has 1 amide bonds. The molecule has 0 aliphatic carbocycles. The predicted octanol–water partition coefficient (Wildman–Crippen LogP) is 0.491. The molecule has 0 spiro atoms. The van der Waals surface area contributed by atoms with E-state index in [0.29, 0.717) is 31.6 Å². The molecule has 1 saturated heterocycles. The van der Waals surface area contributed by atoms with Crippen molar-refractivity contribution in [1.29, 1.82) is 0 Å². The fourth-order valence-electron chi connectivity index (χ4n) is 2.12. The first-order valence-electron chi connectivity index (χ1n) is 6.55. The van der Waals surface area contributed by atoms with Crippen molar-refractivity contribution >= 4 is 5.91 Å². The van der Waals surface area contributed by atoms with Crippen molar-refractivity contribution in [1.82, 2.24) is 10.2 Å². The number of aliphatic hydroxyl groups excluding tert-OH is 1. The maximum Gasteiger partial charge on any atom is 0.234 e. The third-order valence-corrected chi connectivity index (χ3v) is 2.95. The molecule has 0 bridgehead atoms. The topological polar surface area (TPSA) is 52.6 Å². The first-order chi connectivity index (χ1) is 9.67. The van der Waals surface area contributed by atoms with Crippen molar-refractivity contribution in [3.8, 4) is 11.8 Å². The van der Waals surface area contributed by atoms with Gasteiger partial charge in [0.15, 0.2) is 0 Å². The van der Waals surface area contributed by atoms with Crippen LogP contribution >= 0.6 is 0 Å². The Bertz CT molecular complexity index is 549. The minimum atomic E-state index is -0.336. The second-order valence-electron chi connectivity index (χ2n) is 4.68. The van der Waals surface area contributed by atoms with Gasteiger partial charge in [-0.25, -0.2) is 4.39 Å². The quantitative estimate of drug-likeness (QED) is 0.790. The zero-order valence-corrected chi connectivity index (χ0v) is 11.2. The zero-order chi connectivity index (χ0) is 14.4. The van der Waals surface area contributed by atoms with Gasteiger partial charge < -0.3 is 10.4 Å². The highest BCUT2D eigenvalue weighted by Gasteiger charge is 2.16. The van der Waals surface area contributed by atoms with Gasteiger partial charge in [0.2, 0.25) is 5.91 Å². The van der Waals surface area contributed by atoms with E-state index in [2.05, 4.69) is 17.2 Å². The summed E-state index contributed by atoms with van der Waals surface area (Å²) >= 11 is 0. The molecule has 1 heterocycles. The number of rotatable bonds is 3. The van der Waals surface area contributed by atoms with Crippen molar-refractivity contribution in [3.05, 3.63) is 35.1 Å². The third-order valence-electron chi connectivity index (χ3n) is 2.95. The van der Waals surface area contributed by atoms with Gasteiger partial charge in [-0.1, -0.05) is 11.8 Å². The molecule has 0 saturated carbocycles. The van der Waals surface area contributed by atoms with Crippen molar-refractivity contribution in [2.24, 2.45) is 0 Å². The highest BCUT2D eigenvalue weighted by Crippen LogP contribution is 2.12. The Morgan fingerprint density at radius 2 is 2.25 bits per heavy atom. The molecule has 0 aromatic heterocycles. The van der Waals surface area contributed by atoms with Crippen LogP contribution in [0.5, 0.6) is 0 Å². The number of halogens is 1. The van der Waals surface area contributed by atoms with Crippen LogP contribution in [-0.2, 0) is 11.3 Å². The summed E-state index contributed by atoms with van der Waals surface area (Å²) in [4.78, 5) is 13.3. The van der Waals surface area contributed by atoms with Gasteiger partial charge in [-0.2, -0.15) is 0 Å². The number of aliphatic hydroxyl groups is 1. The smallest absolute Gasteiger partial charge is 0.234 e. The van der Waals surface area contributed by atoms with Crippen LogP contribution in [0.1, 0.15) is 17.5 Å². The lowest BCUT2D eigenvalue weighted by atomic mass is 10.1. The highest BCUT2D eigenvalue weighted by atomic mass is 19.1. The molecule has 0 atom stereocenters. The fourth-order valence-corrected chi connectivity index (χ4v) is 2.12. The SMILES string of the molecule is O=C1CN(Cc2cc(F)cc(C#CCCO)c2)CCN1. The van der Waals surface area contributed by atoms with Crippen LogP contribution in [0.25, 0.3) is 0 Å². The lowest BCUT2D eigenvalue weighted by Crippen LogP contribution is -2.47. The Balaban J connectivity index is 2.08. The van der Waals surface area contributed by atoms with Crippen LogP contribution in [0.15, 0.2) is 18.2 Å². The molecule has 106 valence electrons. The predicted molar refractivity (Wildman–Crippen MR) is 73.3 cm³/mol. The Morgan fingerprint density at radius 3 is 3.00 bits per heavy atom. The summed E-state index contributed by atoms with van der Waals surface area (Å²) < 4.78 is 13.6.